The molecular formula is C22H19ClF3N5O4. The molecule has 0 spiro atoms. The number of halogens is 4. The number of nitrogens with one attached hydrogen (secondary N) is 1. The predicted molar refractivity (Wildman–Crippen MR) is 118 cm³/mol. The number of nitrogens with zero attached hydrogens (tertiary/aromatic N) is 4. The molecule has 2 atom stereocenters. The number of aliphatic hydroxyl groups excluding tert-OH is 2. The molecular weight excluding hydrogens is 491 g/mol. The van der Waals surface area contributed by atoms with E-state index in [1.165, 1.54) is 30.3 Å². The first-order valence-corrected chi connectivity index (χ1v) is 10.5. The summed E-state index contributed by atoms with van der Waals surface area (Å²) in [7, 11) is 0. The molecule has 13 heteroatoms. The highest BCUT2D eigenvalue weighted by molar-refractivity contribution is 6.30. The Labute approximate surface area is 201 Å². The first-order chi connectivity index (χ1) is 16.5. The minimum atomic E-state index is -4.98. The van der Waals surface area contributed by atoms with Gasteiger partial charge in [0.1, 0.15) is 6.54 Å². The van der Waals surface area contributed by atoms with Crippen molar-refractivity contribution in [1.82, 2.24) is 19.7 Å². The van der Waals surface area contributed by atoms with Crippen LogP contribution in [0.5, 0.6) is 0 Å². The van der Waals surface area contributed by atoms with Gasteiger partial charge in [0.2, 0.25) is 5.91 Å². The number of carbonyl (C=O) groups excluding carboxylic acids is 1. The third kappa shape index (κ3) is 6.27. The lowest BCUT2D eigenvalue weighted by atomic mass is 10.0. The van der Waals surface area contributed by atoms with Crippen molar-refractivity contribution in [3.8, 4) is 17.5 Å². The fourth-order valence-electron chi connectivity index (χ4n) is 3.23. The topological polar surface area (TPSA) is 133 Å². The van der Waals surface area contributed by atoms with Crippen LogP contribution >= 0.6 is 11.6 Å². The van der Waals surface area contributed by atoms with Crippen LogP contribution in [0.3, 0.4) is 0 Å². The predicted octanol–water partition coefficient (Wildman–Crippen LogP) is 2.01. The van der Waals surface area contributed by atoms with Crippen molar-refractivity contribution < 1.29 is 28.2 Å². The van der Waals surface area contributed by atoms with Gasteiger partial charge in [-0.05, 0) is 42.0 Å². The van der Waals surface area contributed by atoms with E-state index in [2.05, 4.69) is 10.4 Å². The van der Waals surface area contributed by atoms with E-state index in [4.69, 9.17) is 16.9 Å². The number of alkyl halides is 3. The molecule has 0 aliphatic rings. The van der Waals surface area contributed by atoms with Gasteiger partial charge >= 0.3 is 11.9 Å². The molecule has 0 saturated carbocycles. The highest BCUT2D eigenvalue weighted by Gasteiger charge is 2.39. The van der Waals surface area contributed by atoms with Crippen LogP contribution in [-0.4, -0.2) is 49.4 Å². The van der Waals surface area contributed by atoms with Gasteiger partial charge in [-0.2, -0.15) is 18.4 Å². The molecule has 0 radical (unpaired) electrons. The lowest BCUT2D eigenvalue weighted by Gasteiger charge is -2.17. The maximum absolute atomic E-state index is 13.0. The van der Waals surface area contributed by atoms with E-state index in [0.717, 1.165) is 0 Å². The van der Waals surface area contributed by atoms with Gasteiger partial charge in [-0.1, -0.05) is 23.7 Å². The number of nitriles is 1. The van der Waals surface area contributed by atoms with E-state index in [0.29, 0.717) is 25.4 Å². The van der Waals surface area contributed by atoms with Crippen LogP contribution in [0.4, 0.5) is 13.2 Å². The van der Waals surface area contributed by atoms with Gasteiger partial charge < -0.3 is 15.5 Å². The van der Waals surface area contributed by atoms with Crippen molar-refractivity contribution in [1.29, 1.82) is 5.26 Å². The van der Waals surface area contributed by atoms with Crippen molar-refractivity contribution in [2.24, 2.45) is 0 Å². The van der Waals surface area contributed by atoms with Gasteiger partial charge in [0, 0.05) is 10.6 Å². The summed E-state index contributed by atoms with van der Waals surface area (Å²) in [4.78, 5) is 25.4. The third-order valence-corrected chi connectivity index (χ3v) is 5.24. The van der Waals surface area contributed by atoms with E-state index in [1.54, 1.807) is 18.2 Å². The monoisotopic (exact) mass is 509 g/mol. The molecule has 0 saturated heterocycles. The molecule has 1 heterocycles. The summed E-state index contributed by atoms with van der Waals surface area (Å²) >= 11 is 5.85. The molecule has 0 fully saturated rings. The van der Waals surface area contributed by atoms with Crippen molar-refractivity contribution in [2.75, 3.05) is 6.61 Å². The maximum Gasteiger partial charge on any atom is 0.416 e. The molecule has 2 aromatic carbocycles. The number of aliphatic hydroxyl groups is 2. The van der Waals surface area contributed by atoms with Gasteiger partial charge in [-0.15, -0.1) is 5.10 Å². The minimum absolute atomic E-state index is 0.205. The van der Waals surface area contributed by atoms with E-state index >= 15 is 0 Å². The molecule has 3 rings (SSSR count). The Balaban J connectivity index is 1.90. The summed E-state index contributed by atoms with van der Waals surface area (Å²) < 4.78 is 40.1. The molecule has 184 valence electrons. The number of hydrogen-bond acceptors (Lipinski definition) is 6. The summed E-state index contributed by atoms with van der Waals surface area (Å²) in [6, 6.07) is 12.9. The highest BCUT2D eigenvalue weighted by Crippen LogP contribution is 2.24. The second-order valence-corrected chi connectivity index (χ2v) is 7.92. The first kappa shape index (κ1) is 26.0. The molecule has 3 aromatic rings. The lowest BCUT2D eigenvalue weighted by molar-refractivity contribution is -0.207. The maximum atomic E-state index is 13.0. The van der Waals surface area contributed by atoms with Crippen LogP contribution in [0.25, 0.3) is 11.4 Å². The zero-order chi connectivity index (χ0) is 25.8. The zero-order valence-corrected chi connectivity index (χ0v) is 18.7. The molecule has 0 bridgehead atoms. The Kier molecular flexibility index (Phi) is 7.96. The Morgan fingerprint density at radius 3 is 2.51 bits per heavy atom. The van der Waals surface area contributed by atoms with Crippen molar-refractivity contribution in [3.63, 3.8) is 0 Å². The third-order valence-electron chi connectivity index (χ3n) is 4.99. The number of benzene rings is 2. The minimum Gasteiger partial charge on any atom is -0.394 e. The highest BCUT2D eigenvalue weighted by atomic mass is 35.5. The quantitative estimate of drug-likeness (QED) is 0.425. The largest absolute Gasteiger partial charge is 0.416 e. The Bertz CT molecular complexity index is 1300. The number of carbonyl (C=O) groups is 1. The van der Waals surface area contributed by atoms with Crippen LogP contribution in [0.2, 0.25) is 5.02 Å². The Morgan fingerprint density at radius 2 is 1.91 bits per heavy atom. The number of amides is 1. The Morgan fingerprint density at radius 1 is 1.23 bits per heavy atom. The standard InChI is InChI=1S/C22H19ClF3N5O4/c23-16-6-4-14(5-7-16)20-29-31(21(35)30(20)10-18(33)22(24,25)26)11-19(34)28-17(12-32)15-3-1-2-13(8-15)9-27/h1-8,17-18,32-33H,10-12H2,(H,28,34)/t17-,18-/m0/s1. The van der Waals surface area contributed by atoms with Crippen LogP contribution in [0, 0.1) is 11.3 Å². The molecule has 9 nitrogen and oxygen atoms in total. The summed E-state index contributed by atoms with van der Waals surface area (Å²) in [5.41, 5.74) is -0.0732. The number of rotatable bonds is 8. The molecule has 35 heavy (non-hydrogen) atoms. The second kappa shape index (κ2) is 10.7. The molecule has 1 amide bonds. The fourth-order valence-corrected chi connectivity index (χ4v) is 3.36. The summed E-state index contributed by atoms with van der Waals surface area (Å²) in [5.74, 6) is -0.972. The van der Waals surface area contributed by atoms with Gasteiger partial charge in [0.25, 0.3) is 0 Å². The van der Waals surface area contributed by atoms with Crippen molar-refractivity contribution in [3.05, 3.63) is 75.2 Å². The van der Waals surface area contributed by atoms with Crippen LogP contribution < -0.4 is 11.0 Å². The van der Waals surface area contributed by atoms with Crippen LogP contribution in [0.1, 0.15) is 17.2 Å². The van der Waals surface area contributed by atoms with E-state index < -0.39 is 49.6 Å². The first-order valence-electron chi connectivity index (χ1n) is 10.1. The second-order valence-electron chi connectivity index (χ2n) is 7.48. The fraction of sp³-hybridized carbons (Fsp3) is 0.273. The van der Waals surface area contributed by atoms with Crippen LogP contribution in [-0.2, 0) is 17.9 Å². The summed E-state index contributed by atoms with van der Waals surface area (Å²) in [6.45, 7) is -2.33. The van der Waals surface area contributed by atoms with Crippen molar-refractivity contribution >= 4 is 17.5 Å². The molecule has 0 aliphatic carbocycles. The Hall–Kier alpha value is -3.66. The smallest absolute Gasteiger partial charge is 0.394 e. The summed E-state index contributed by atoms with van der Waals surface area (Å²) in [5, 5.41) is 35.1. The number of hydrogen-bond donors (Lipinski definition) is 3. The average molecular weight is 510 g/mol. The van der Waals surface area contributed by atoms with Gasteiger partial charge in [-0.3, -0.25) is 9.36 Å². The van der Waals surface area contributed by atoms with E-state index in [1.807, 2.05) is 6.07 Å². The SMILES string of the molecule is N#Cc1cccc([C@H](CO)NC(=O)Cn2nc(-c3ccc(Cl)cc3)n(C[C@H](O)C(F)(F)F)c2=O)c1. The average Bonchev–Trinajstić information content (AvgIpc) is 3.12. The van der Waals surface area contributed by atoms with Gasteiger partial charge in [0.15, 0.2) is 11.9 Å². The van der Waals surface area contributed by atoms with Gasteiger partial charge in [0.05, 0.1) is 30.8 Å². The van der Waals surface area contributed by atoms with E-state index in [-0.39, 0.29) is 11.4 Å². The normalized spacial score (nSPS) is 13.2. The lowest BCUT2D eigenvalue weighted by Crippen LogP contribution is -2.39. The molecule has 1 aromatic heterocycles. The number of aromatic nitrogens is 3. The molecule has 0 unspecified atom stereocenters. The molecule has 3 N–H and O–H groups in total. The zero-order valence-electron chi connectivity index (χ0n) is 17.9. The van der Waals surface area contributed by atoms with E-state index in [9.17, 15) is 33.0 Å². The molecule has 0 aliphatic heterocycles. The summed E-state index contributed by atoms with van der Waals surface area (Å²) in [6.07, 6.45) is -7.83. The van der Waals surface area contributed by atoms with Crippen molar-refractivity contribution in [2.45, 2.75) is 31.4 Å². The van der Waals surface area contributed by atoms with Gasteiger partial charge in [-0.25, -0.2) is 9.48 Å². The van der Waals surface area contributed by atoms with Crippen LogP contribution in [0.15, 0.2) is 53.3 Å².